The molecule has 1 saturated heterocycles. The average molecular weight is 533 g/mol. The zero-order valence-corrected chi connectivity index (χ0v) is 21.0. The topological polar surface area (TPSA) is 118 Å². The summed E-state index contributed by atoms with van der Waals surface area (Å²) < 4.78 is 28.9. The summed E-state index contributed by atoms with van der Waals surface area (Å²) >= 11 is 0. The van der Waals surface area contributed by atoms with Gasteiger partial charge in [-0.15, -0.1) is 6.58 Å². The Morgan fingerprint density at radius 3 is 1.51 bits per heavy atom. The second kappa shape index (κ2) is 13.5. The lowest BCUT2D eigenvalue weighted by molar-refractivity contribution is -0.296. The minimum absolute atomic E-state index is 0.00394. The van der Waals surface area contributed by atoms with Crippen molar-refractivity contribution in [3.63, 3.8) is 0 Å². The normalized spacial score (nSPS) is 22.3. The summed E-state index contributed by atoms with van der Waals surface area (Å²) in [6.45, 7) is 3.00. The summed E-state index contributed by atoms with van der Waals surface area (Å²) in [6, 6.07) is 24.5. The van der Waals surface area contributed by atoms with Gasteiger partial charge in [0, 0.05) is 0 Å². The van der Waals surface area contributed by atoms with Crippen LogP contribution in [0, 0.1) is 0 Å². The first-order valence-electron chi connectivity index (χ1n) is 12.3. The number of ether oxygens (including phenoxy) is 5. The standard InChI is InChI=1S/C30H28O9/c1-2-18-35-30-26(39-29(34)22-16-10-5-11-17-22)25(38-28(33)21-14-8-4-9-15-21)24(23(19-31)36-30)37-27(32)20-12-6-3-7-13-20/h2-17,23-26,30-31H,1,18-19H2/t23-,24-,25+,26+,30+/m1/s1. The smallest absolute Gasteiger partial charge is 0.338 e. The number of aliphatic hydroxyl groups is 1. The lowest BCUT2D eigenvalue weighted by Crippen LogP contribution is -2.63. The molecule has 3 aromatic carbocycles. The van der Waals surface area contributed by atoms with Gasteiger partial charge in [0.05, 0.1) is 29.9 Å². The zero-order valence-electron chi connectivity index (χ0n) is 21.0. The minimum atomic E-state index is -1.40. The number of carbonyl (C=O) groups excluding carboxylic acids is 3. The molecule has 1 fully saturated rings. The van der Waals surface area contributed by atoms with Crippen LogP contribution in [0.2, 0.25) is 0 Å². The fourth-order valence-electron chi connectivity index (χ4n) is 4.02. The van der Waals surface area contributed by atoms with Crippen LogP contribution < -0.4 is 0 Å². The Morgan fingerprint density at radius 2 is 1.10 bits per heavy atom. The Morgan fingerprint density at radius 1 is 0.692 bits per heavy atom. The van der Waals surface area contributed by atoms with E-state index in [-0.39, 0.29) is 23.3 Å². The fourth-order valence-corrected chi connectivity index (χ4v) is 4.02. The van der Waals surface area contributed by atoms with Gasteiger partial charge in [0.1, 0.15) is 6.10 Å². The van der Waals surface area contributed by atoms with E-state index in [1.54, 1.807) is 91.0 Å². The van der Waals surface area contributed by atoms with E-state index in [4.69, 9.17) is 23.7 Å². The van der Waals surface area contributed by atoms with Crippen LogP contribution in [0.4, 0.5) is 0 Å². The molecule has 0 aliphatic carbocycles. The van der Waals surface area contributed by atoms with Gasteiger partial charge < -0.3 is 28.8 Å². The molecule has 3 aromatic rings. The van der Waals surface area contributed by atoms with Crippen molar-refractivity contribution >= 4 is 17.9 Å². The van der Waals surface area contributed by atoms with Crippen molar-refractivity contribution < 1.29 is 43.2 Å². The van der Waals surface area contributed by atoms with Crippen LogP contribution >= 0.6 is 0 Å². The van der Waals surface area contributed by atoms with Crippen molar-refractivity contribution in [1.82, 2.24) is 0 Å². The molecule has 9 nitrogen and oxygen atoms in total. The molecule has 4 rings (SSSR count). The Labute approximate surface area is 225 Å². The third kappa shape index (κ3) is 6.97. The SMILES string of the molecule is C=CCO[C@H]1O[C@H](CO)[C@@H](OC(=O)c2ccccc2)[C@H](OC(=O)c2ccccc2)[C@@H]1OC(=O)c1ccccc1. The summed E-state index contributed by atoms with van der Waals surface area (Å²) in [5, 5.41) is 10.2. The van der Waals surface area contributed by atoms with Gasteiger partial charge in [0.15, 0.2) is 24.6 Å². The Kier molecular flexibility index (Phi) is 9.58. The van der Waals surface area contributed by atoms with Crippen LogP contribution in [0.5, 0.6) is 0 Å². The number of aliphatic hydroxyl groups excluding tert-OH is 1. The van der Waals surface area contributed by atoms with Gasteiger partial charge >= 0.3 is 17.9 Å². The monoisotopic (exact) mass is 532 g/mol. The van der Waals surface area contributed by atoms with E-state index >= 15 is 0 Å². The van der Waals surface area contributed by atoms with Crippen molar-refractivity contribution in [2.24, 2.45) is 0 Å². The van der Waals surface area contributed by atoms with Gasteiger partial charge in [-0.05, 0) is 36.4 Å². The molecule has 1 aliphatic rings. The number of rotatable bonds is 10. The summed E-state index contributed by atoms with van der Waals surface area (Å²) in [7, 11) is 0. The first kappa shape index (κ1) is 27.7. The summed E-state index contributed by atoms with van der Waals surface area (Å²) in [5.74, 6) is -2.25. The highest BCUT2D eigenvalue weighted by atomic mass is 16.7. The van der Waals surface area contributed by atoms with Crippen molar-refractivity contribution in [3.05, 3.63) is 120 Å². The Hall–Kier alpha value is -4.31. The maximum absolute atomic E-state index is 13.2. The number of esters is 3. The van der Waals surface area contributed by atoms with Crippen LogP contribution in [0.1, 0.15) is 31.1 Å². The molecule has 0 aromatic heterocycles. The Balaban J connectivity index is 1.71. The number of hydrogen-bond donors (Lipinski definition) is 1. The molecular formula is C30H28O9. The molecule has 1 heterocycles. The second-order valence-corrected chi connectivity index (χ2v) is 8.56. The molecule has 0 spiro atoms. The third-order valence-electron chi connectivity index (χ3n) is 5.91. The number of carbonyl (C=O) groups is 3. The van der Waals surface area contributed by atoms with Gasteiger partial charge in [-0.25, -0.2) is 14.4 Å². The highest BCUT2D eigenvalue weighted by molar-refractivity contribution is 5.91. The second-order valence-electron chi connectivity index (χ2n) is 8.56. The largest absolute Gasteiger partial charge is 0.452 e. The molecular weight excluding hydrogens is 504 g/mol. The fraction of sp³-hybridized carbons (Fsp3) is 0.233. The molecule has 0 amide bonds. The molecule has 1 N–H and O–H groups in total. The first-order valence-corrected chi connectivity index (χ1v) is 12.3. The van der Waals surface area contributed by atoms with Crippen LogP contribution in [0.15, 0.2) is 104 Å². The molecule has 39 heavy (non-hydrogen) atoms. The summed E-state index contributed by atoms with van der Waals surface area (Å²) in [6.07, 6.45) is -5.13. The van der Waals surface area contributed by atoms with Crippen molar-refractivity contribution in [2.75, 3.05) is 13.2 Å². The number of hydrogen-bond acceptors (Lipinski definition) is 9. The molecule has 202 valence electrons. The van der Waals surface area contributed by atoms with E-state index in [0.717, 1.165) is 0 Å². The zero-order chi connectivity index (χ0) is 27.6. The summed E-state index contributed by atoms with van der Waals surface area (Å²) in [5.41, 5.74) is 0.676. The van der Waals surface area contributed by atoms with Crippen LogP contribution in [-0.2, 0) is 23.7 Å². The molecule has 0 radical (unpaired) electrons. The molecule has 5 atom stereocenters. The van der Waals surface area contributed by atoms with Gasteiger partial charge in [0.25, 0.3) is 0 Å². The first-order chi connectivity index (χ1) is 19.0. The van der Waals surface area contributed by atoms with Gasteiger partial charge in [-0.3, -0.25) is 0 Å². The van der Waals surface area contributed by atoms with E-state index < -0.39 is 55.2 Å². The van der Waals surface area contributed by atoms with E-state index in [9.17, 15) is 19.5 Å². The lowest BCUT2D eigenvalue weighted by atomic mass is 9.97. The van der Waals surface area contributed by atoms with Crippen molar-refractivity contribution in [3.8, 4) is 0 Å². The van der Waals surface area contributed by atoms with Crippen LogP contribution in [0.25, 0.3) is 0 Å². The van der Waals surface area contributed by atoms with Crippen LogP contribution in [0.3, 0.4) is 0 Å². The van der Waals surface area contributed by atoms with Crippen LogP contribution in [-0.4, -0.2) is 66.9 Å². The minimum Gasteiger partial charge on any atom is -0.452 e. The van der Waals surface area contributed by atoms with E-state index in [0.29, 0.717) is 0 Å². The maximum Gasteiger partial charge on any atom is 0.338 e. The van der Waals surface area contributed by atoms with E-state index in [1.807, 2.05) is 0 Å². The molecule has 1 aliphatic heterocycles. The Bertz CT molecular complexity index is 1250. The van der Waals surface area contributed by atoms with Gasteiger partial charge in [-0.1, -0.05) is 60.7 Å². The highest BCUT2D eigenvalue weighted by Gasteiger charge is 2.53. The average Bonchev–Trinajstić information content (AvgIpc) is 2.99. The predicted octanol–water partition coefficient (Wildman–Crippen LogP) is 3.58. The predicted molar refractivity (Wildman–Crippen MR) is 139 cm³/mol. The van der Waals surface area contributed by atoms with E-state index in [1.165, 1.54) is 6.08 Å². The quantitative estimate of drug-likeness (QED) is 0.237. The lowest BCUT2D eigenvalue weighted by Gasteiger charge is -2.44. The molecule has 0 unspecified atom stereocenters. The third-order valence-corrected chi connectivity index (χ3v) is 5.91. The molecule has 0 bridgehead atoms. The summed E-state index contributed by atoms with van der Waals surface area (Å²) in [4.78, 5) is 39.3. The molecule has 9 heteroatoms. The number of benzene rings is 3. The van der Waals surface area contributed by atoms with Crippen molar-refractivity contribution in [2.45, 2.75) is 30.7 Å². The van der Waals surface area contributed by atoms with E-state index in [2.05, 4.69) is 6.58 Å². The molecule has 0 saturated carbocycles. The maximum atomic E-state index is 13.2. The van der Waals surface area contributed by atoms with Gasteiger partial charge in [-0.2, -0.15) is 0 Å². The van der Waals surface area contributed by atoms with Gasteiger partial charge in [0.2, 0.25) is 0 Å². The highest BCUT2D eigenvalue weighted by Crippen LogP contribution is 2.31. The van der Waals surface area contributed by atoms with Crippen molar-refractivity contribution in [1.29, 1.82) is 0 Å².